The van der Waals surface area contributed by atoms with Crippen molar-refractivity contribution >= 4 is 23.4 Å². The molecule has 6 heteroatoms. The van der Waals surface area contributed by atoms with E-state index in [1.807, 2.05) is 12.1 Å². The molecule has 0 unspecified atom stereocenters. The van der Waals surface area contributed by atoms with Gasteiger partial charge in [-0.3, -0.25) is 5.32 Å². The molecule has 0 aliphatic carbocycles. The highest BCUT2D eigenvalue weighted by molar-refractivity contribution is 5.87. The van der Waals surface area contributed by atoms with Crippen molar-refractivity contribution in [2.24, 2.45) is 0 Å². The Labute approximate surface area is 146 Å². The van der Waals surface area contributed by atoms with Crippen LogP contribution in [0.2, 0.25) is 0 Å². The molecule has 3 N–H and O–H groups in total. The van der Waals surface area contributed by atoms with E-state index in [2.05, 4.69) is 10.6 Å². The quantitative estimate of drug-likeness (QED) is 0.752. The highest BCUT2D eigenvalue weighted by atomic mass is 16.6. The Morgan fingerprint density at radius 1 is 1.04 bits per heavy atom. The number of rotatable bonds is 5. The number of carbonyl (C=O) groups excluding carboxylic acids is 1. The average molecular weight is 342 g/mol. The predicted molar refractivity (Wildman–Crippen MR) is 97.0 cm³/mol. The molecule has 25 heavy (non-hydrogen) atoms. The molecule has 2 aromatic carbocycles. The van der Waals surface area contributed by atoms with Gasteiger partial charge in [-0.15, -0.1) is 0 Å². The SMILES string of the molecule is CC(C)(C)OC(=O)Nc1cccc(NCc2ccc(C(=O)O)cc2)c1. The van der Waals surface area contributed by atoms with E-state index in [4.69, 9.17) is 9.84 Å². The number of nitrogens with one attached hydrogen (secondary N) is 2. The smallest absolute Gasteiger partial charge is 0.412 e. The van der Waals surface area contributed by atoms with Gasteiger partial charge in [0.1, 0.15) is 5.60 Å². The summed E-state index contributed by atoms with van der Waals surface area (Å²) in [5.41, 5.74) is 2.11. The van der Waals surface area contributed by atoms with E-state index in [-0.39, 0.29) is 5.56 Å². The molecule has 0 heterocycles. The molecule has 2 rings (SSSR count). The number of aromatic carboxylic acids is 1. The van der Waals surface area contributed by atoms with Crippen LogP contribution in [0.1, 0.15) is 36.7 Å². The molecular formula is C19H22N2O4. The largest absolute Gasteiger partial charge is 0.478 e. The van der Waals surface area contributed by atoms with Crippen LogP contribution in [0.25, 0.3) is 0 Å². The predicted octanol–water partition coefficient (Wildman–Crippen LogP) is 4.34. The van der Waals surface area contributed by atoms with Crippen LogP contribution in [0.15, 0.2) is 48.5 Å². The lowest BCUT2D eigenvalue weighted by Gasteiger charge is -2.19. The van der Waals surface area contributed by atoms with Gasteiger partial charge in [-0.05, 0) is 56.7 Å². The van der Waals surface area contributed by atoms with Gasteiger partial charge in [0.05, 0.1) is 5.56 Å². The van der Waals surface area contributed by atoms with Gasteiger partial charge in [-0.2, -0.15) is 0 Å². The lowest BCUT2D eigenvalue weighted by atomic mass is 10.1. The Bertz CT molecular complexity index is 749. The minimum absolute atomic E-state index is 0.257. The molecule has 0 aliphatic rings. The third-order valence-electron chi connectivity index (χ3n) is 3.21. The molecule has 0 saturated heterocycles. The van der Waals surface area contributed by atoms with Crippen molar-refractivity contribution in [3.05, 3.63) is 59.7 Å². The van der Waals surface area contributed by atoms with Crippen LogP contribution in [-0.4, -0.2) is 22.8 Å². The zero-order chi connectivity index (χ0) is 18.4. The second-order valence-electron chi connectivity index (χ2n) is 6.56. The second kappa shape index (κ2) is 7.70. The van der Waals surface area contributed by atoms with Gasteiger partial charge in [0, 0.05) is 17.9 Å². The molecule has 0 fully saturated rings. The third-order valence-corrected chi connectivity index (χ3v) is 3.21. The highest BCUT2D eigenvalue weighted by Gasteiger charge is 2.16. The number of ether oxygens (including phenoxy) is 1. The van der Waals surface area contributed by atoms with Gasteiger partial charge in [0.15, 0.2) is 0 Å². The van der Waals surface area contributed by atoms with Crippen molar-refractivity contribution in [3.8, 4) is 0 Å². The average Bonchev–Trinajstić information content (AvgIpc) is 2.52. The van der Waals surface area contributed by atoms with Crippen molar-refractivity contribution in [3.63, 3.8) is 0 Å². The number of amides is 1. The number of benzene rings is 2. The van der Waals surface area contributed by atoms with Crippen LogP contribution in [-0.2, 0) is 11.3 Å². The van der Waals surface area contributed by atoms with E-state index in [1.54, 1.807) is 57.2 Å². The third kappa shape index (κ3) is 6.18. The van der Waals surface area contributed by atoms with Crippen molar-refractivity contribution < 1.29 is 19.4 Å². The molecule has 132 valence electrons. The molecule has 1 amide bonds. The Kier molecular flexibility index (Phi) is 5.64. The standard InChI is InChI=1S/C19H22N2O4/c1-19(2,3)25-18(24)21-16-6-4-5-15(11-16)20-12-13-7-9-14(10-8-13)17(22)23/h4-11,20H,12H2,1-3H3,(H,21,24)(H,22,23). The fourth-order valence-electron chi connectivity index (χ4n) is 2.10. The first-order valence-electron chi connectivity index (χ1n) is 7.89. The first-order chi connectivity index (χ1) is 11.7. The number of carboxylic acid groups (broad SMARTS) is 1. The molecule has 0 aliphatic heterocycles. The van der Waals surface area contributed by atoms with Gasteiger partial charge in [0.2, 0.25) is 0 Å². The zero-order valence-corrected chi connectivity index (χ0v) is 14.5. The maximum atomic E-state index is 11.8. The number of carbonyl (C=O) groups is 2. The highest BCUT2D eigenvalue weighted by Crippen LogP contribution is 2.17. The molecular weight excluding hydrogens is 320 g/mol. The molecule has 0 radical (unpaired) electrons. The summed E-state index contributed by atoms with van der Waals surface area (Å²) in [4.78, 5) is 22.6. The van der Waals surface area contributed by atoms with Gasteiger partial charge in [-0.1, -0.05) is 18.2 Å². The summed E-state index contributed by atoms with van der Waals surface area (Å²) in [5, 5.41) is 14.8. The van der Waals surface area contributed by atoms with Gasteiger partial charge < -0.3 is 15.2 Å². The summed E-state index contributed by atoms with van der Waals surface area (Å²) in [6.45, 7) is 5.95. The maximum Gasteiger partial charge on any atom is 0.412 e. The van der Waals surface area contributed by atoms with E-state index in [0.717, 1.165) is 11.3 Å². The summed E-state index contributed by atoms with van der Waals surface area (Å²) in [7, 11) is 0. The van der Waals surface area contributed by atoms with E-state index < -0.39 is 17.7 Å². The summed E-state index contributed by atoms with van der Waals surface area (Å²) in [6.07, 6.45) is -0.506. The van der Waals surface area contributed by atoms with Crippen LogP contribution in [0.5, 0.6) is 0 Å². The molecule has 0 bridgehead atoms. The van der Waals surface area contributed by atoms with E-state index in [1.165, 1.54) is 0 Å². The molecule has 2 aromatic rings. The number of anilines is 2. The van der Waals surface area contributed by atoms with E-state index >= 15 is 0 Å². The first kappa shape index (κ1) is 18.3. The monoisotopic (exact) mass is 342 g/mol. The Morgan fingerprint density at radius 3 is 2.28 bits per heavy atom. The Balaban J connectivity index is 1.94. The normalized spacial score (nSPS) is 10.8. The van der Waals surface area contributed by atoms with Crippen LogP contribution in [0.3, 0.4) is 0 Å². The summed E-state index contributed by atoms with van der Waals surface area (Å²) >= 11 is 0. The zero-order valence-electron chi connectivity index (χ0n) is 14.5. The fourth-order valence-corrected chi connectivity index (χ4v) is 2.10. The van der Waals surface area contributed by atoms with E-state index in [9.17, 15) is 9.59 Å². The van der Waals surface area contributed by atoms with Crippen LogP contribution in [0.4, 0.5) is 16.2 Å². The molecule has 0 aromatic heterocycles. The minimum atomic E-state index is -0.944. The maximum absolute atomic E-state index is 11.8. The van der Waals surface area contributed by atoms with Crippen LogP contribution < -0.4 is 10.6 Å². The lowest BCUT2D eigenvalue weighted by molar-refractivity contribution is 0.0634. The molecule has 0 atom stereocenters. The van der Waals surface area contributed by atoms with Crippen molar-refractivity contribution in [2.45, 2.75) is 32.9 Å². The summed E-state index contributed by atoms with van der Waals surface area (Å²) < 4.78 is 5.22. The van der Waals surface area contributed by atoms with Gasteiger partial charge >= 0.3 is 12.1 Å². The van der Waals surface area contributed by atoms with Crippen LogP contribution in [0, 0.1) is 0 Å². The second-order valence-corrected chi connectivity index (χ2v) is 6.56. The van der Waals surface area contributed by atoms with Crippen molar-refractivity contribution in [2.75, 3.05) is 10.6 Å². The number of hydrogen-bond donors (Lipinski definition) is 3. The topological polar surface area (TPSA) is 87.7 Å². The first-order valence-corrected chi connectivity index (χ1v) is 7.89. The molecule has 6 nitrogen and oxygen atoms in total. The van der Waals surface area contributed by atoms with Crippen LogP contribution >= 0.6 is 0 Å². The summed E-state index contributed by atoms with van der Waals surface area (Å²) in [5.74, 6) is -0.944. The Morgan fingerprint density at radius 2 is 1.68 bits per heavy atom. The Hall–Kier alpha value is -3.02. The molecule has 0 saturated carbocycles. The fraction of sp³-hybridized carbons (Fsp3) is 0.263. The number of hydrogen-bond acceptors (Lipinski definition) is 4. The summed E-state index contributed by atoms with van der Waals surface area (Å²) in [6, 6.07) is 13.9. The van der Waals surface area contributed by atoms with Crippen molar-refractivity contribution in [1.82, 2.24) is 0 Å². The van der Waals surface area contributed by atoms with Gasteiger partial charge in [0.25, 0.3) is 0 Å². The minimum Gasteiger partial charge on any atom is -0.478 e. The van der Waals surface area contributed by atoms with E-state index in [0.29, 0.717) is 12.2 Å². The lowest BCUT2D eigenvalue weighted by Crippen LogP contribution is -2.27. The number of carboxylic acids is 1. The molecule has 0 spiro atoms. The van der Waals surface area contributed by atoms with Gasteiger partial charge in [-0.25, -0.2) is 9.59 Å². The van der Waals surface area contributed by atoms with Crippen molar-refractivity contribution in [1.29, 1.82) is 0 Å².